The van der Waals surface area contributed by atoms with Gasteiger partial charge in [-0.15, -0.1) is 0 Å². The fraction of sp³-hybridized carbons (Fsp3) is 0.690. The Balaban J connectivity index is 3.51. The van der Waals surface area contributed by atoms with Crippen LogP contribution in [0.4, 0.5) is 0 Å². The lowest BCUT2D eigenvalue weighted by molar-refractivity contribution is -0.123. The van der Waals surface area contributed by atoms with Gasteiger partial charge in [0.2, 0.25) is 5.91 Å². The maximum atomic E-state index is 12.3. The molecule has 0 saturated carbocycles. The number of rotatable bonds is 33. The summed E-state index contributed by atoms with van der Waals surface area (Å²) < 4.78 is 0. The Bertz CT molecular complexity index is 823. The van der Waals surface area contributed by atoms with Crippen LogP contribution in [-0.2, 0) is 4.79 Å². The fourth-order valence-corrected chi connectivity index (χ4v) is 5.25. The Morgan fingerprint density at radius 3 is 1.50 bits per heavy atom. The van der Waals surface area contributed by atoms with Crippen molar-refractivity contribution in [3.63, 3.8) is 0 Å². The van der Waals surface area contributed by atoms with E-state index in [1.807, 2.05) is 6.08 Å². The number of carbonyl (C=O) groups excluding carboxylic acids is 1. The van der Waals surface area contributed by atoms with E-state index >= 15 is 0 Å². The molecule has 0 aromatic carbocycles. The first-order valence-corrected chi connectivity index (χ1v) is 19.2. The van der Waals surface area contributed by atoms with E-state index in [0.717, 1.165) is 64.2 Å². The lowest BCUT2D eigenvalue weighted by Gasteiger charge is -2.19. The Labute approximate surface area is 285 Å². The van der Waals surface area contributed by atoms with Crippen LogP contribution in [0, 0.1) is 0 Å². The fourth-order valence-electron chi connectivity index (χ4n) is 5.25. The number of hydrogen-bond acceptors (Lipinski definition) is 3. The van der Waals surface area contributed by atoms with Gasteiger partial charge in [-0.1, -0.05) is 170 Å². The van der Waals surface area contributed by atoms with Gasteiger partial charge in [0.1, 0.15) is 0 Å². The van der Waals surface area contributed by atoms with Crippen molar-refractivity contribution in [3.8, 4) is 0 Å². The van der Waals surface area contributed by atoms with Gasteiger partial charge in [-0.25, -0.2) is 0 Å². The van der Waals surface area contributed by atoms with Crippen molar-refractivity contribution in [2.45, 2.75) is 180 Å². The second kappa shape index (κ2) is 37.3. The molecule has 0 aliphatic carbocycles. The first kappa shape index (κ1) is 43.8. The Kier molecular flexibility index (Phi) is 35.5. The molecule has 0 rings (SSSR count). The summed E-state index contributed by atoms with van der Waals surface area (Å²) in [5, 5.41) is 22.7. The highest BCUT2D eigenvalue weighted by Gasteiger charge is 2.17. The zero-order chi connectivity index (χ0) is 33.6. The van der Waals surface area contributed by atoms with E-state index in [0.29, 0.717) is 6.42 Å². The van der Waals surface area contributed by atoms with Gasteiger partial charge < -0.3 is 15.5 Å². The lowest BCUT2D eigenvalue weighted by Crippen LogP contribution is -2.45. The normalized spacial score (nSPS) is 13.9. The SMILES string of the molecule is CC/C=C\C/C=C\C/C=C\C/C=C\CCCCCCCCCCCCCCCCC(=O)NC(CO)C(O)/C=C/CC/C=C/CCC. The number of carbonyl (C=O) groups is 1. The zero-order valence-corrected chi connectivity index (χ0v) is 30.1. The molecule has 0 aliphatic rings. The summed E-state index contributed by atoms with van der Waals surface area (Å²) in [6.45, 7) is 4.06. The number of unbranched alkanes of at least 4 members (excludes halogenated alkanes) is 16. The summed E-state index contributed by atoms with van der Waals surface area (Å²) in [5.74, 6) is -0.0835. The quantitative estimate of drug-likeness (QED) is 0.0494. The van der Waals surface area contributed by atoms with E-state index in [-0.39, 0.29) is 12.5 Å². The molecule has 2 atom stereocenters. The van der Waals surface area contributed by atoms with Crippen LogP contribution < -0.4 is 5.32 Å². The van der Waals surface area contributed by atoms with Gasteiger partial charge in [0, 0.05) is 6.42 Å². The predicted octanol–water partition coefficient (Wildman–Crippen LogP) is 11.6. The van der Waals surface area contributed by atoms with E-state index in [4.69, 9.17) is 0 Å². The molecule has 4 nitrogen and oxygen atoms in total. The molecule has 0 spiro atoms. The van der Waals surface area contributed by atoms with E-state index in [2.05, 4.69) is 79.9 Å². The number of hydrogen-bond donors (Lipinski definition) is 3. The van der Waals surface area contributed by atoms with Crippen molar-refractivity contribution < 1.29 is 15.0 Å². The molecule has 264 valence electrons. The highest BCUT2D eigenvalue weighted by atomic mass is 16.3. The van der Waals surface area contributed by atoms with Crippen LogP contribution >= 0.6 is 0 Å². The van der Waals surface area contributed by atoms with Crippen LogP contribution in [-0.4, -0.2) is 34.9 Å². The third-order valence-corrected chi connectivity index (χ3v) is 8.15. The molecule has 3 N–H and O–H groups in total. The molecule has 0 bridgehead atoms. The second-order valence-corrected chi connectivity index (χ2v) is 12.6. The Hall–Kier alpha value is -2.17. The summed E-state index contributed by atoms with van der Waals surface area (Å²) in [7, 11) is 0. The number of nitrogens with one attached hydrogen (secondary N) is 1. The lowest BCUT2D eigenvalue weighted by atomic mass is 10.0. The molecule has 0 aliphatic heterocycles. The Morgan fingerprint density at radius 2 is 0.978 bits per heavy atom. The molecule has 0 aromatic rings. The van der Waals surface area contributed by atoms with Gasteiger partial charge in [0.15, 0.2) is 0 Å². The molecule has 1 amide bonds. The summed E-state index contributed by atoms with van der Waals surface area (Å²) in [5.41, 5.74) is 0. The first-order valence-electron chi connectivity index (χ1n) is 19.2. The van der Waals surface area contributed by atoms with Crippen molar-refractivity contribution in [3.05, 3.63) is 72.9 Å². The van der Waals surface area contributed by atoms with E-state index in [1.54, 1.807) is 6.08 Å². The van der Waals surface area contributed by atoms with E-state index < -0.39 is 12.1 Å². The van der Waals surface area contributed by atoms with Crippen LogP contribution in [0.15, 0.2) is 72.9 Å². The van der Waals surface area contributed by atoms with Gasteiger partial charge >= 0.3 is 0 Å². The largest absolute Gasteiger partial charge is 0.394 e. The third kappa shape index (κ3) is 33.2. The average molecular weight is 640 g/mol. The molecule has 2 unspecified atom stereocenters. The molecule has 4 heteroatoms. The number of aliphatic hydroxyl groups excluding tert-OH is 2. The average Bonchev–Trinajstić information content (AvgIpc) is 3.06. The van der Waals surface area contributed by atoms with Crippen molar-refractivity contribution in [1.29, 1.82) is 0 Å². The van der Waals surface area contributed by atoms with Crippen molar-refractivity contribution in [1.82, 2.24) is 5.32 Å². The maximum Gasteiger partial charge on any atom is 0.220 e. The smallest absolute Gasteiger partial charge is 0.220 e. The predicted molar refractivity (Wildman–Crippen MR) is 202 cm³/mol. The molecule has 46 heavy (non-hydrogen) atoms. The number of amides is 1. The summed E-state index contributed by atoms with van der Waals surface area (Å²) in [6.07, 6.45) is 53.1. The van der Waals surface area contributed by atoms with Crippen LogP contribution in [0.2, 0.25) is 0 Å². The molecule has 0 heterocycles. The minimum Gasteiger partial charge on any atom is -0.394 e. The molecule has 0 aromatic heterocycles. The number of allylic oxidation sites excluding steroid dienone is 11. The topological polar surface area (TPSA) is 69.6 Å². The third-order valence-electron chi connectivity index (χ3n) is 8.15. The molecule has 0 fully saturated rings. The summed E-state index contributed by atoms with van der Waals surface area (Å²) in [4.78, 5) is 12.3. The molecular formula is C42H73NO3. The van der Waals surface area contributed by atoms with Gasteiger partial charge in [0.05, 0.1) is 18.8 Å². The number of aliphatic hydroxyl groups is 2. The van der Waals surface area contributed by atoms with Crippen LogP contribution in [0.25, 0.3) is 0 Å². The van der Waals surface area contributed by atoms with Crippen LogP contribution in [0.3, 0.4) is 0 Å². The van der Waals surface area contributed by atoms with E-state index in [9.17, 15) is 15.0 Å². The van der Waals surface area contributed by atoms with E-state index in [1.165, 1.54) is 83.5 Å². The monoisotopic (exact) mass is 640 g/mol. The van der Waals surface area contributed by atoms with Gasteiger partial charge in [-0.3, -0.25) is 4.79 Å². The second-order valence-electron chi connectivity index (χ2n) is 12.6. The van der Waals surface area contributed by atoms with Gasteiger partial charge in [-0.2, -0.15) is 0 Å². The van der Waals surface area contributed by atoms with Crippen LogP contribution in [0.1, 0.15) is 168 Å². The summed E-state index contributed by atoms with van der Waals surface area (Å²) in [6, 6.07) is -0.638. The maximum absolute atomic E-state index is 12.3. The van der Waals surface area contributed by atoms with Crippen molar-refractivity contribution >= 4 is 5.91 Å². The highest BCUT2D eigenvalue weighted by Crippen LogP contribution is 2.14. The summed E-state index contributed by atoms with van der Waals surface area (Å²) >= 11 is 0. The molecule has 0 radical (unpaired) electrons. The van der Waals surface area contributed by atoms with Gasteiger partial charge in [0.25, 0.3) is 0 Å². The minimum absolute atomic E-state index is 0.0835. The zero-order valence-electron chi connectivity index (χ0n) is 30.1. The van der Waals surface area contributed by atoms with Crippen molar-refractivity contribution in [2.24, 2.45) is 0 Å². The molecule has 0 saturated heterocycles. The molecular weight excluding hydrogens is 566 g/mol. The minimum atomic E-state index is -0.861. The first-order chi connectivity index (χ1) is 22.7. The van der Waals surface area contributed by atoms with Gasteiger partial charge in [-0.05, 0) is 64.2 Å². The highest BCUT2D eigenvalue weighted by molar-refractivity contribution is 5.76. The standard InChI is InChI=1S/C42H73NO3/c1-3-5-7-9-11-12-13-14-15-16-17-18-19-20-21-22-23-24-25-26-27-28-29-30-32-34-36-38-42(46)43-40(39-44)41(45)37-35-33-31-10-8-6-4-2/h5,7-8,10-12,14-15,17-18,35,37,40-41,44-45H,3-4,6,9,13,16,19-34,36,38-39H2,1-2H3,(H,43,46)/b7-5-,10-8+,12-11-,15-14-,18-17-,37-35+. The Morgan fingerprint density at radius 1 is 0.543 bits per heavy atom. The van der Waals surface area contributed by atoms with Crippen molar-refractivity contribution in [2.75, 3.05) is 6.61 Å². The van der Waals surface area contributed by atoms with Crippen LogP contribution in [0.5, 0.6) is 0 Å².